The summed E-state index contributed by atoms with van der Waals surface area (Å²) in [6, 6.07) is 14.0. The maximum Gasteiger partial charge on any atom is 0.573 e. The summed E-state index contributed by atoms with van der Waals surface area (Å²) in [7, 11) is 0. The fourth-order valence-electron chi connectivity index (χ4n) is 2.51. The van der Waals surface area contributed by atoms with Crippen LogP contribution in [0.15, 0.2) is 54.6 Å². The van der Waals surface area contributed by atoms with Gasteiger partial charge in [0.1, 0.15) is 5.75 Å². The van der Waals surface area contributed by atoms with E-state index in [0.29, 0.717) is 0 Å². The van der Waals surface area contributed by atoms with Crippen LogP contribution in [0.3, 0.4) is 0 Å². The van der Waals surface area contributed by atoms with Crippen molar-refractivity contribution in [2.45, 2.75) is 32.3 Å². The molecule has 0 aromatic heterocycles. The summed E-state index contributed by atoms with van der Waals surface area (Å²) >= 11 is 0. The van der Waals surface area contributed by atoms with Crippen LogP contribution < -0.4 is 15.4 Å². The average Bonchev–Trinajstić information content (AvgIpc) is 2.59. The summed E-state index contributed by atoms with van der Waals surface area (Å²) in [6.07, 6.45) is -4.87. The highest BCUT2D eigenvalue weighted by atomic mass is 19.4. The Morgan fingerprint density at radius 1 is 1.04 bits per heavy atom. The van der Waals surface area contributed by atoms with Crippen molar-refractivity contribution in [1.29, 1.82) is 0 Å². The summed E-state index contributed by atoms with van der Waals surface area (Å²) < 4.78 is 41.3. The van der Waals surface area contributed by atoms with Crippen LogP contribution in [0.1, 0.15) is 30.5 Å². The lowest BCUT2D eigenvalue weighted by atomic mass is 10.0. The van der Waals surface area contributed by atoms with Gasteiger partial charge >= 0.3 is 6.36 Å². The molecule has 0 radical (unpaired) electrons. The second-order valence-electron chi connectivity index (χ2n) is 5.80. The number of hydrogen-bond acceptors (Lipinski definition) is 3. The second-order valence-corrected chi connectivity index (χ2v) is 5.80. The molecule has 144 valence electrons. The van der Waals surface area contributed by atoms with Gasteiger partial charge in [-0.3, -0.25) is 9.59 Å². The summed E-state index contributed by atoms with van der Waals surface area (Å²) in [5.41, 5.74) is 0.947. The van der Waals surface area contributed by atoms with Crippen LogP contribution in [0.2, 0.25) is 0 Å². The first-order chi connectivity index (χ1) is 12.7. The third-order valence-electron chi connectivity index (χ3n) is 3.64. The Labute approximate surface area is 154 Å². The molecule has 2 N–H and O–H groups in total. The third-order valence-corrected chi connectivity index (χ3v) is 3.64. The van der Waals surface area contributed by atoms with Gasteiger partial charge in [0.05, 0.1) is 12.5 Å². The molecule has 27 heavy (non-hydrogen) atoms. The predicted octanol–water partition coefficient (Wildman–Crippen LogP) is 3.47. The normalized spacial score (nSPS) is 12.1. The molecule has 0 spiro atoms. The molecule has 0 aliphatic rings. The van der Waals surface area contributed by atoms with Gasteiger partial charge < -0.3 is 15.4 Å². The Hall–Kier alpha value is -3.03. The highest BCUT2D eigenvalue weighted by Gasteiger charge is 2.32. The maximum absolute atomic E-state index is 12.5. The number of carbonyl (C=O) groups excluding carboxylic acids is 2. The number of carbonyl (C=O) groups is 2. The first-order valence-corrected chi connectivity index (χ1v) is 8.17. The van der Waals surface area contributed by atoms with Crippen LogP contribution in [-0.2, 0) is 16.1 Å². The molecule has 2 amide bonds. The molecule has 1 atom stereocenters. The molecule has 0 fully saturated rings. The number of rotatable bonds is 7. The zero-order chi connectivity index (χ0) is 19.9. The molecule has 0 saturated heterocycles. The lowest BCUT2D eigenvalue weighted by Crippen LogP contribution is -2.32. The number of benzene rings is 2. The van der Waals surface area contributed by atoms with E-state index in [-0.39, 0.29) is 30.2 Å². The van der Waals surface area contributed by atoms with E-state index in [1.807, 2.05) is 6.07 Å². The lowest BCUT2D eigenvalue weighted by molar-refractivity contribution is -0.274. The number of ether oxygens (including phenoxy) is 1. The van der Waals surface area contributed by atoms with Gasteiger partial charge in [0, 0.05) is 19.0 Å². The quantitative estimate of drug-likeness (QED) is 0.773. The topological polar surface area (TPSA) is 67.4 Å². The predicted molar refractivity (Wildman–Crippen MR) is 92.6 cm³/mol. The Morgan fingerprint density at radius 2 is 1.67 bits per heavy atom. The largest absolute Gasteiger partial charge is 0.573 e. The van der Waals surface area contributed by atoms with Crippen molar-refractivity contribution < 1.29 is 27.5 Å². The van der Waals surface area contributed by atoms with Gasteiger partial charge in [0.25, 0.3) is 0 Å². The molecule has 2 aromatic carbocycles. The van der Waals surface area contributed by atoms with Crippen LogP contribution in [0.5, 0.6) is 5.75 Å². The molecule has 0 aliphatic heterocycles. The Kier molecular flexibility index (Phi) is 6.81. The Bertz CT molecular complexity index is 779. The van der Waals surface area contributed by atoms with E-state index in [1.165, 1.54) is 25.1 Å². The lowest BCUT2D eigenvalue weighted by Gasteiger charge is -2.18. The third kappa shape index (κ3) is 7.01. The maximum atomic E-state index is 12.5. The minimum absolute atomic E-state index is 0.0497. The summed E-state index contributed by atoms with van der Waals surface area (Å²) in [5, 5.41) is 5.26. The summed E-state index contributed by atoms with van der Waals surface area (Å²) in [5.74, 6) is -1.08. The van der Waals surface area contributed by atoms with E-state index >= 15 is 0 Å². The highest BCUT2D eigenvalue weighted by Crippen LogP contribution is 2.26. The van der Waals surface area contributed by atoms with Crippen molar-refractivity contribution in [3.8, 4) is 5.75 Å². The second kappa shape index (κ2) is 9.07. The number of alkyl halides is 3. The Balaban J connectivity index is 2.01. The molecular formula is C19H19F3N2O3. The van der Waals surface area contributed by atoms with Gasteiger partial charge in [-0.15, -0.1) is 13.2 Å². The summed E-state index contributed by atoms with van der Waals surface area (Å²) in [6.45, 7) is 1.21. The van der Waals surface area contributed by atoms with Crippen molar-refractivity contribution in [3.05, 3.63) is 65.7 Å². The van der Waals surface area contributed by atoms with E-state index in [2.05, 4.69) is 15.4 Å². The first kappa shape index (κ1) is 20.3. The minimum atomic E-state index is -4.82. The number of para-hydroxylation sites is 1. The molecule has 0 saturated carbocycles. The molecule has 2 aromatic rings. The highest BCUT2D eigenvalue weighted by molar-refractivity contribution is 5.79. The van der Waals surface area contributed by atoms with Crippen molar-refractivity contribution in [1.82, 2.24) is 10.6 Å². The van der Waals surface area contributed by atoms with Crippen LogP contribution in [-0.4, -0.2) is 18.2 Å². The van der Waals surface area contributed by atoms with Crippen LogP contribution in [0, 0.1) is 0 Å². The van der Waals surface area contributed by atoms with Crippen LogP contribution in [0.4, 0.5) is 13.2 Å². The molecule has 8 heteroatoms. The van der Waals surface area contributed by atoms with Gasteiger partial charge in [-0.1, -0.05) is 48.5 Å². The van der Waals surface area contributed by atoms with E-state index < -0.39 is 18.3 Å². The molecule has 0 bridgehead atoms. The zero-order valence-electron chi connectivity index (χ0n) is 14.5. The van der Waals surface area contributed by atoms with Crippen molar-refractivity contribution in [2.24, 2.45) is 0 Å². The molecular weight excluding hydrogens is 361 g/mol. The number of halogens is 3. The first-order valence-electron chi connectivity index (χ1n) is 8.17. The fourth-order valence-corrected chi connectivity index (χ4v) is 2.51. The molecule has 0 heterocycles. The summed E-state index contributed by atoms with van der Waals surface area (Å²) in [4.78, 5) is 23.7. The van der Waals surface area contributed by atoms with E-state index in [0.717, 1.165) is 5.56 Å². The molecule has 1 unspecified atom stereocenters. The number of amides is 2. The SMILES string of the molecule is CC(=O)NC(CC(=O)NCc1ccccc1OC(F)(F)F)c1ccccc1. The van der Waals surface area contributed by atoms with Gasteiger partial charge in [0.15, 0.2) is 0 Å². The van der Waals surface area contributed by atoms with E-state index in [9.17, 15) is 22.8 Å². The Morgan fingerprint density at radius 3 is 2.30 bits per heavy atom. The molecule has 5 nitrogen and oxygen atoms in total. The molecule has 2 rings (SSSR count). The standard InChI is InChI=1S/C19H19F3N2O3/c1-13(25)24-16(14-7-3-2-4-8-14)11-18(26)23-12-15-9-5-6-10-17(15)27-19(20,21)22/h2-10,16H,11-12H2,1H3,(H,23,26)(H,24,25). The van der Waals surface area contributed by atoms with Crippen molar-refractivity contribution in [3.63, 3.8) is 0 Å². The fraction of sp³-hybridized carbons (Fsp3) is 0.263. The monoisotopic (exact) mass is 380 g/mol. The van der Waals surface area contributed by atoms with Gasteiger partial charge in [-0.25, -0.2) is 0 Å². The molecule has 0 aliphatic carbocycles. The van der Waals surface area contributed by atoms with Crippen LogP contribution in [0.25, 0.3) is 0 Å². The average molecular weight is 380 g/mol. The smallest absolute Gasteiger partial charge is 0.405 e. The van der Waals surface area contributed by atoms with Crippen molar-refractivity contribution >= 4 is 11.8 Å². The van der Waals surface area contributed by atoms with Gasteiger partial charge in [-0.2, -0.15) is 0 Å². The minimum Gasteiger partial charge on any atom is -0.405 e. The van der Waals surface area contributed by atoms with Crippen molar-refractivity contribution in [2.75, 3.05) is 0 Å². The zero-order valence-corrected chi connectivity index (χ0v) is 14.5. The van der Waals surface area contributed by atoms with Gasteiger partial charge in [0.2, 0.25) is 11.8 Å². The van der Waals surface area contributed by atoms with E-state index in [1.54, 1.807) is 30.3 Å². The van der Waals surface area contributed by atoms with Crippen LogP contribution >= 0.6 is 0 Å². The number of nitrogens with one attached hydrogen (secondary N) is 2. The number of hydrogen-bond donors (Lipinski definition) is 2. The van der Waals surface area contributed by atoms with Gasteiger partial charge in [-0.05, 0) is 11.6 Å². The van der Waals surface area contributed by atoms with E-state index in [4.69, 9.17) is 0 Å².